The molecule has 0 saturated heterocycles. The van der Waals surface area contributed by atoms with E-state index in [0.29, 0.717) is 22.7 Å². The van der Waals surface area contributed by atoms with Gasteiger partial charge in [-0.15, -0.1) is 0 Å². The molecule has 0 aliphatic rings. The van der Waals surface area contributed by atoms with Gasteiger partial charge in [0.1, 0.15) is 12.1 Å². The van der Waals surface area contributed by atoms with Crippen LogP contribution in [0.4, 0.5) is 5.69 Å². The van der Waals surface area contributed by atoms with Crippen molar-refractivity contribution in [1.82, 2.24) is 14.8 Å². The fourth-order valence-electron chi connectivity index (χ4n) is 1.88. The molecular weight excluding hydrogens is 244 g/mol. The lowest BCUT2D eigenvalue weighted by molar-refractivity contribution is 0.479. The number of aryl methyl sites for hydroxylation is 1. The van der Waals surface area contributed by atoms with Crippen molar-refractivity contribution in [2.75, 3.05) is 5.73 Å². The number of hydrogen-bond donors (Lipinski definition) is 1. The minimum atomic E-state index is -0.194. The lowest BCUT2D eigenvalue weighted by Gasteiger charge is -2.01. The molecule has 0 spiro atoms. The Hall–Kier alpha value is -2.63. The van der Waals surface area contributed by atoms with E-state index in [1.165, 1.54) is 10.7 Å². The van der Waals surface area contributed by atoms with Gasteiger partial charge in [-0.25, -0.2) is 9.67 Å². The lowest BCUT2D eigenvalue weighted by Crippen LogP contribution is -2.23. The first kappa shape index (κ1) is 11.5. The van der Waals surface area contributed by atoms with Gasteiger partial charge in [0.25, 0.3) is 5.56 Å². The van der Waals surface area contributed by atoms with Crippen molar-refractivity contribution < 1.29 is 4.42 Å². The monoisotopic (exact) mass is 256 g/mol. The number of fused-ring (bicyclic) bond motifs is 1. The number of oxazole rings is 1. The van der Waals surface area contributed by atoms with Gasteiger partial charge in [0, 0.05) is 6.07 Å². The predicted octanol–water partition coefficient (Wildman–Crippen LogP) is 1.32. The van der Waals surface area contributed by atoms with Crippen molar-refractivity contribution >= 4 is 16.8 Å². The van der Waals surface area contributed by atoms with Gasteiger partial charge < -0.3 is 10.2 Å². The summed E-state index contributed by atoms with van der Waals surface area (Å²) in [4.78, 5) is 16.0. The average molecular weight is 256 g/mol. The van der Waals surface area contributed by atoms with Crippen LogP contribution in [0.25, 0.3) is 11.1 Å². The van der Waals surface area contributed by atoms with Crippen LogP contribution in [0.2, 0.25) is 0 Å². The molecule has 0 fully saturated rings. The maximum atomic E-state index is 11.7. The van der Waals surface area contributed by atoms with Gasteiger partial charge in [0.15, 0.2) is 5.58 Å². The van der Waals surface area contributed by atoms with Gasteiger partial charge in [0.05, 0.1) is 11.4 Å². The molecular formula is C13H12N4O2. The summed E-state index contributed by atoms with van der Waals surface area (Å²) in [6, 6.07) is 8.48. The normalized spacial score (nSPS) is 11.0. The second-order valence-electron chi connectivity index (χ2n) is 4.27. The van der Waals surface area contributed by atoms with Gasteiger partial charge >= 0.3 is 0 Å². The summed E-state index contributed by atoms with van der Waals surface area (Å²) in [6.45, 7) is 2.01. The Morgan fingerprint density at radius 2 is 2.16 bits per heavy atom. The first-order valence-corrected chi connectivity index (χ1v) is 5.82. The molecule has 0 atom stereocenters. The van der Waals surface area contributed by atoms with Crippen molar-refractivity contribution in [3.05, 3.63) is 52.3 Å². The Bertz CT molecular complexity index is 804. The predicted molar refractivity (Wildman–Crippen MR) is 70.8 cm³/mol. The van der Waals surface area contributed by atoms with E-state index in [1.54, 1.807) is 24.3 Å². The molecule has 1 aromatic carbocycles. The largest absolute Gasteiger partial charge is 0.439 e. The Morgan fingerprint density at radius 1 is 1.32 bits per heavy atom. The van der Waals surface area contributed by atoms with Crippen LogP contribution >= 0.6 is 0 Å². The third-order valence-electron chi connectivity index (χ3n) is 2.78. The van der Waals surface area contributed by atoms with E-state index >= 15 is 0 Å². The van der Waals surface area contributed by atoms with Crippen LogP contribution < -0.4 is 11.3 Å². The van der Waals surface area contributed by atoms with Crippen LogP contribution in [-0.4, -0.2) is 14.8 Å². The Labute approximate surface area is 108 Å². The van der Waals surface area contributed by atoms with Crippen LogP contribution in [0.3, 0.4) is 0 Å². The zero-order valence-electron chi connectivity index (χ0n) is 10.3. The van der Waals surface area contributed by atoms with E-state index in [2.05, 4.69) is 10.1 Å². The lowest BCUT2D eigenvalue weighted by atomic mass is 10.3. The first-order chi connectivity index (χ1) is 9.13. The molecule has 3 rings (SSSR count). The van der Waals surface area contributed by atoms with Crippen molar-refractivity contribution in [3.8, 4) is 0 Å². The number of benzene rings is 1. The molecule has 0 aliphatic carbocycles. The van der Waals surface area contributed by atoms with E-state index in [9.17, 15) is 4.79 Å². The van der Waals surface area contributed by atoms with Crippen molar-refractivity contribution in [2.45, 2.75) is 13.5 Å². The summed E-state index contributed by atoms with van der Waals surface area (Å²) in [7, 11) is 0. The van der Waals surface area contributed by atoms with Gasteiger partial charge in [0.2, 0.25) is 5.89 Å². The number of aromatic nitrogens is 3. The molecule has 0 aliphatic heterocycles. The van der Waals surface area contributed by atoms with Crippen molar-refractivity contribution in [1.29, 1.82) is 0 Å². The molecule has 96 valence electrons. The van der Waals surface area contributed by atoms with Crippen LogP contribution in [0.15, 0.2) is 39.5 Å². The van der Waals surface area contributed by atoms with E-state index in [4.69, 9.17) is 10.2 Å². The molecule has 3 aromatic rings. The molecule has 2 N–H and O–H groups in total. The van der Waals surface area contributed by atoms with Crippen LogP contribution in [-0.2, 0) is 6.54 Å². The summed E-state index contributed by atoms with van der Waals surface area (Å²) in [5.41, 5.74) is 8.15. The van der Waals surface area contributed by atoms with E-state index in [0.717, 1.165) is 5.69 Å². The number of nitrogens with zero attached hydrogens (tertiary/aromatic N) is 3. The van der Waals surface area contributed by atoms with E-state index in [-0.39, 0.29) is 12.1 Å². The first-order valence-electron chi connectivity index (χ1n) is 5.82. The second kappa shape index (κ2) is 4.24. The zero-order valence-corrected chi connectivity index (χ0v) is 10.3. The zero-order chi connectivity index (χ0) is 13.4. The molecule has 0 saturated carbocycles. The minimum Gasteiger partial charge on any atom is -0.439 e. The Morgan fingerprint density at radius 3 is 2.95 bits per heavy atom. The molecule has 0 amide bonds. The summed E-state index contributed by atoms with van der Waals surface area (Å²) < 4.78 is 6.87. The third kappa shape index (κ3) is 2.08. The third-order valence-corrected chi connectivity index (χ3v) is 2.78. The van der Waals surface area contributed by atoms with Gasteiger partial charge in [-0.3, -0.25) is 4.79 Å². The minimum absolute atomic E-state index is 0.189. The second-order valence-corrected chi connectivity index (χ2v) is 4.27. The van der Waals surface area contributed by atoms with Crippen LogP contribution in [0.1, 0.15) is 11.6 Å². The number of nitrogen functional groups attached to an aromatic ring is 1. The Balaban J connectivity index is 2.04. The highest BCUT2D eigenvalue weighted by Gasteiger charge is 2.09. The molecule has 2 heterocycles. The highest BCUT2D eigenvalue weighted by Crippen LogP contribution is 2.21. The number of rotatable bonds is 2. The summed E-state index contributed by atoms with van der Waals surface area (Å²) in [6.07, 6.45) is 0. The smallest absolute Gasteiger partial charge is 0.267 e. The van der Waals surface area contributed by atoms with Crippen LogP contribution in [0, 0.1) is 6.92 Å². The maximum Gasteiger partial charge on any atom is 0.267 e. The van der Waals surface area contributed by atoms with Gasteiger partial charge in [-0.2, -0.15) is 5.10 Å². The SMILES string of the molecule is Cc1ccc(=O)n(Cc2nc3c(N)cccc3o2)n1. The molecule has 0 radical (unpaired) electrons. The molecule has 2 aromatic heterocycles. The van der Waals surface area contributed by atoms with Crippen molar-refractivity contribution in [2.24, 2.45) is 0 Å². The van der Waals surface area contributed by atoms with Crippen molar-refractivity contribution in [3.63, 3.8) is 0 Å². The van der Waals surface area contributed by atoms with E-state index < -0.39 is 0 Å². The van der Waals surface area contributed by atoms with E-state index in [1.807, 2.05) is 6.92 Å². The topological polar surface area (TPSA) is 86.9 Å². The fourth-order valence-corrected chi connectivity index (χ4v) is 1.88. The summed E-state index contributed by atoms with van der Waals surface area (Å²) in [5.74, 6) is 0.410. The number of para-hydroxylation sites is 1. The molecule has 0 unspecified atom stereocenters. The average Bonchev–Trinajstić information content (AvgIpc) is 2.78. The standard InChI is InChI=1S/C13H12N4O2/c1-8-5-6-12(18)17(16-8)7-11-15-13-9(14)3-2-4-10(13)19-11/h2-6H,7,14H2,1H3. The highest BCUT2D eigenvalue weighted by molar-refractivity contribution is 5.85. The molecule has 19 heavy (non-hydrogen) atoms. The molecule has 0 bridgehead atoms. The van der Waals surface area contributed by atoms with Crippen LogP contribution in [0.5, 0.6) is 0 Å². The summed E-state index contributed by atoms with van der Waals surface area (Å²) >= 11 is 0. The fraction of sp³-hybridized carbons (Fsp3) is 0.154. The highest BCUT2D eigenvalue weighted by atomic mass is 16.3. The summed E-state index contributed by atoms with van der Waals surface area (Å²) in [5, 5.41) is 4.13. The van der Waals surface area contributed by atoms with Gasteiger partial charge in [-0.05, 0) is 25.1 Å². The number of nitrogens with two attached hydrogens (primary N) is 1. The number of anilines is 1. The Kier molecular flexibility index (Phi) is 2.56. The quantitative estimate of drug-likeness (QED) is 0.699. The molecule has 6 nitrogen and oxygen atoms in total. The molecule has 6 heteroatoms. The maximum absolute atomic E-state index is 11.7. The van der Waals surface area contributed by atoms with Gasteiger partial charge in [-0.1, -0.05) is 6.07 Å². The number of hydrogen-bond acceptors (Lipinski definition) is 5.